The number of carbonyl (C=O) groups is 2. The second-order valence-corrected chi connectivity index (χ2v) is 4.85. The van der Waals surface area contributed by atoms with Gasteiger partial charge in [-0.3, -0.25) is 4.79 Å². The van der Waals surface area contributed by atoms with Gasteiger partial charge in [0, 0.05) is 20.1 Å². The molecule has 0 radical (unpaired) electrons. The Morgan fingerprint density at radius 1 is 1.33 bits per heavy atom. The lowest BCUT2D eigenvalue weighted by Gasteiger charge is -2.18. The molecule has 5 nitrogen and oxygen atoms in total. The Morgan fingerprint density at radius 3 is 2.62 bits per heavy atom. The summed E-state index contributed by atoms with van der Waals surface area (Å²) in [6, 6.07) is 7.06. The monoisotopic (exact) mass is 290 g/mol. The van der Waals surface area contributed by atoms with Gasteiger partial charge in [-0.25, -0.2) is 4.79 Å². The molecule has 0 aliphatic heterocycles. The van der Waals surface area contributed by atoms with Crippen molar-refractivity contribution in [1.29, 1.82) is 0 Å². The predicted octanol–water partition coefficient (Wildman–Crippen LogP) is 2.42. The molecule has 0 saturated carbocycles. The summed E-state index contributed by atoms with van der Waals surface area (Å²) < 4.78 is 0. The SMILES string of the molecule is C=CCCCN(C)C(=O)NCc1ccccc1CC(=O)O. The van der Waals surface area contributed by atoms with Crippen molar-refractivity contribution in [3.63, 3.8) is 0 Å². The highest BCUT2D eigenvalue weighted by Gasteiger charge is 2.10. The Morgan fingerprint density at radius 2 is 2.00 bits per heavy atom. The Labute approximate surface area is 125 Å². The lowest BCUT2D eigenvalue weighted by atomic mass is 10.0. The largest absolute Gasteiger partial charge is 0.481 e. The van der Waals surface area contributed by atoms with Crippen LogP contribution in [0, 0.1) is 0 Å². The summed E-state index contributed by atoms with van der Waals surface area (Å²) >= 11 is 0. The average Bonchev–Trinajstić information content (AvgIpc) is 2.45. The topological polar surface area (TPSA) is 69.6 Å². The second-order valence-electron chi connectivity index (χ2n) is 4.85. The average molecular weight is 290 g/mol. The van der Waals surface area contributed by atoms with Crippen LogP contribution in [0.5, 0.6) is 0 Å². The van der Waals surface area contributed by atoms with Crippen LogP contribution < -0.4 is 5.32 Å². The number of nitrogens with one attached hydrogen (secondary N) is 1. The van der Waals surface area contributed by atoms with Crippen LogP contribution in [0.15, 0.2) is 36.9 Å². The van der Waals surface area contributed by atoms with E-state index in [1.807, 2.05) is 18.2 Å². The summed E-state index contributed by atoms with van der Waals surface area (Å²) in [6.45, 7) is 4.63. The zero-order valence-corrected chi connectivity index (χ0v) is 12.3. The highest BCUT2D eigenvalue weighted by atomic mass is 16.4. The van der Waals surface area contributed by atoms with Crippen LogP contribution in [-0.4, -0.2) is 35.6 Å². The third kappa shape index (κ3) is 6.12. The molecule has 21 heavy (non-hydrogen) atoms. The second kappa shape index (κ2) is 8.79. The molecule has 1 rings (SSSR count). The molecule has 1 aromatic carbocycles. The number of nitrogens with zero attached hydrogens (tertiary/aromatic N) is 1. The number of rotatable bonds is 8. The molecule has 0 unspecified atom stereocenters. The number of allylic oxidation sites excluding steroid dienone is 1. The van der Waals surface area contributed by atoms with E-state index in [9.17, 15) is 9.59 Å². The number of benzene rings is 1. The minimum Gasteiger partial charge on any atom is -0.481 e. The fourth-order valence-electron chi connectivity index (χ4n) is 1.95. The highest BCUT2D eigenvalue weighted by molar-refractivity contribution is 5.74. The van der Waals surface area contributed by atoms with Crippen LogP contribution in [0.3, 0.4) is 0 Å². The summed E-state index contributed by atoms with van der Waals surface area (Å²) in [5, 5.41) is 11.7. The van der Waals surface area contributed by atoms with E-state index >= 15 is 0 Å². The molecular formula is C16H22N2O3. The van der Waals surface area contributed by atoms with Crippen molar-refractivity contribution < 1.29 is 14.7 Å². The van der Waals surface area contributed by atoms with E-state index < -0.39 is 5.97 Å². The van der Waals surface area contributed by atoms with Crippen LogP contribution in [-0.2, 0) is 17.8 Å². The summed E-state index contributed by atoms with van der Waals surface area (Å²) in [5.74, 6) is -0.879. The van der Waals surface area contributed by atoms with Crippen molar-refractivity contribution in [2.24, 2.45) is 0 Å². The maximum atomic E-state index is 11.9. The first kappa shape index (κ1) is 16.8. The molecule has 0 bridgehead atoms. The van der Waals surface area contributed by atoms with Crippen LogP contribution in [0.2, 0.25) is 0 Å². The molecular weight excluding hydrogens is 268 g/mol. The van der Waals surface area contributed by atoms with Gasteiger partial charge >= 0.3 is 12.0 Å². The molecule has 0 fully saturated rings. The number of carboxylic acid groups (broad SMARTS) is 1. The third-order valence-electron chi connectivity index (χ3n) is 3.14. The number of unbranched alkanes of at least 4 members (excludes halogenated alkanes) is 1. The molecule has 1 aromatic rings. The molecule has 5 heteroatoms. The van der Waals surface area contributed by atoms with Gasteiger partial charge in [0.25, 0.3) is 0 Å². The molecule has 0 spiro atoms. The van der Waals surface area contributed by atoms with Crippen LogP contribution in [0.1, 0.15) is 24.0 Å². The fourth-order valence-corrected chi connectivity index (χ4v) is 1.95. The lowest BCUT2D eigenvalue weighted by Crippen LogP contribution is -2.37. The summed E-state index contributed by atoms with van der Waals surface area (Å²) in [6.07, 6.45) is 3.54. The van der Waals surface area contributed by atoms with Gasteiger partial charge in [-0.05, 0) is 24.0 Å². The van der Waals surface area contributed by atoms with Crippen molar-refractivity contribution in [2.45, 2.75) is 25.8 Å². The zero-order chi connectivity index (χ0) is 15.7. The van der Waals surface area contributed by atoms with E-state index in [0.29, 0.717) is 13.1 Å². The van der Waals surface area contributed by atoms with Gasteiger partial charge in [0.15, 0.2) is 0 Å². The molecule has 0 heterocycles. The predicted molar refractivity (Wildman–Crippen MR) is 82.1 cm³/mol. The van der Waals surface area contributed by atoms with Crippen LogP contribution >= 0.6 is 0 Å². The molecule has 0 aromatic heterocycles. The number of carbonyl (C=O) groups excluding carboxylic acids is 1. The van der Waals surface area contributed by atoms with Gasteiger partial charge in [0.05, 0.1) is 6.42 Å². The molecule has 0 aliphatic rings. The van der Waals surface area contributed by atoms with Gasteiger partial charge in [-0.2, -0.15) is 0 Å². The summed E-state index contributed by atoms with van der Waals surface area (Å²) in [4.78, 5) is 24.3. The van der Waals surface area contributed by atoms with Crippen molar-refractivity contribution in [3.8, 4) is 0 Å². The lowest BCUT2D eigenvalue weighted by molar-refractivity contribution is -0.136. The first-order valence-electron chi connectivity index (χ1n) is 6.93. The number of hydrogen-bond donors (Lipinski definition) is 2. The van der Waals surface area contributed by atoms with Gasteiger partial charge in [0.2, 0.25) is 0 Å². The number of urea groups is 1. The van der Waals surface area contributed by atoms with E-state index in [1.165, 1.54) is 0 Å². The van der Waals surface area contributed by atoms with Crippen molar-refractivity contribution in [1.82, 2.24) is 10.2 Å². The Kier molecular flexibility index (Phi) is 7.01. The summed E-state index contributed by atoms with van der Waals surface area (Å²) in [7, 11) is 1.74. The molecule has 114 valence electrons. The van der Waals surface area contributed by atoms with E-state index in [0.717, 1.165) is 24.0 Å². The van der Waals surface area contributed by atoms with Crippen molar-refractivity contribution >= 4 is 12.0 Å². The van der Waals surface area contributed by atoms with Gasteiger partial charge in [-0.15, -0.1) is 6.58 Å². The summed E-state index contributed by atoms with van der Waals surface area (Å²) in [5.41, 5.74) is 1.55. The number of aliphatic carboxylic acids is 1. The molecule has 2 amide bonds. The van der Waals surface area contributed by atoms with Crippen LogP contribution in [0.4, 0.5) is 4.79 Å². The van der Waals surface area contributed by atoms with Gasteiger partial charge in [-0.1, -0.05) is 30.3 Å². The van der Waals surface area contributed by atoms with Crippen molar-refractivity contribution in [3.05, 3.63) is 48.0 Å². The van der Waals surface area contributed by atoms with Crippen molar-refractivity contribution in [2.75, 3.05) is 13.6 Å². The van der Waals surface area contributed by atoms with Gasteiger partial charge < -0.3 is 15.3 Å². The first-order valence-corrected chi connectivity index (χ1v) is 6.93. The quantitative estimate of drug-likeness (QED) is 0.570. The highest BCUT2D eigenvalue weighted by Crippen LogP contribution is 2.09. The molecule has 2 N–H and O–H groups in total. The Hall–Kier alpha value is -2.30. The minimum atomic E-state index is -0.879. The number of carboxylic acids is 1. The molecule has 0 aliphatic carbocycles. The Balaban J connectivity index is 2.52. The Bertz CT molecular complexity index is 500. The van der Waals surface area contributed by atoms with E-state index in [2.05, 4.69) is 11.9 Å². The smallest absolute Gasteiger partial charge is 0.317 e. The maximum absolute atomic E-state index is 11.9. The normalized spacial score (nSPS) is 9.95. The fraction of sp³-hybridized carbons (Fsp3) is 0.375. The van der Waals surface area contributed by atoms with E-state index in [1.54, 1.807) is 24.1 Å². The number of amides is 2. The van der Waals surface area contributed by atoms with Gasteiger partial charge in [0.1, 0.15) is 0 Å². The number of hydrogen-bond acceptors (Lipinski definition) is 2. The third-order valence-corrected chi connectivity index (χ3v) is 3.14. The molecule has 0 saturated heterocycles. The standard InChI is InChI=1S/C16H22N2O3/c1-3-4-7-10-18(2)16(21)17-12-14-9-6-5-8-13(14)11-15(19)20/h3,5-6,8-9H,1,4,7,10-12H2,2H3,(H,17,21)(H,19,20). The zero-order valence-electron chi connectivity index (χ0n) is 12.3. The first-order chi connectivity index (χ1) is 10.0. The van der Waals surface area contributed by atoms with E-state index in [4.69, 9.17) is 5.11 Å². The maximum Gasteiger partial charge on any atom is 0.317 e. The minimum absolute atomic E-state index is 0.0405. The van der Waals surface area contributed by atoms with Crippen LogP contribution in [0.25, 0.3) is 0 Å². The molecule has 0 atom stereocenters. The van der Waals surface area contributed by atoms with E-state index in [-0.39, 0.29) is 12.5 Å².